The molecule has 1 N–H and O–H groups in total. The number of carbonyl (C=O) groups is 2. The topological polar surface area (TPSA) is 54.4 Å². The van der Waals surface area contributed by atoms with Crippen LogP contribution in [0.1, 0.15) is 78.6 Å². The number of hydrogen-bond donors (Lipinski definition) is 1. The van der Waals surface area contributed by atoms with E-state index < -0.39 is 5.97 Å². The van der Waals surface area contributed by atoms with Crippen molar-refractivity contribution in [3.05, 3.63) is 0 Å². The number of hydrogen-bond acceptors (Lipinski definition) is 2. The van der Waals surface area contributed by atoms with Crippen LogP contribution >= 0.6 is 0 Å². The van der Waals surface area contributed by atoms with Gasteiger partial charge < -0.3 is 5.11 Å². The molecule has 3 nitrogen and oxygen atoms in total. The number of carbonyl (C=O) groups excluding carboxylic acids is 1. The Labute approximate surface area is 111 Å². The summed E-state index contributed by atoms with van der Waals surface area (Å²) >= 11 is 0. The lowest BCUT2D eigenvalue weighted by atomic mass is 9.75. The smallest absolute Gasteiger partial charge is 0.303 e. The lowest BCUT2D eigenvalue weighted by Crippen LogP contribution is -2.28. The highest BCUT2D eigenvalue weighted by Gasteiger charge is 2.31. The highest BCUT2D eigenvalue weighted by atomic mass is 16.4. The van der Waals surface area contributed by atoms with Crippen LogP contribution in [0.4, 0.5) is 0 Å². The molecule has 0 bridgehead atoms. The molecule has 3 heteroatoms. The van der Waals surface area contributed by atoms with E-state index in [1.807, 2.05) is 6.92 Å². The Morgan fingerprint density at radius 1 is 0.944 bits per heavy atom. The summed E-state index contributed by atoms with van der Waals surface area (Å²) in [7, 11) is 0. The summed E-state index contributed by atoms with van der Waals surface area (Å²) in [6.45, 7) is 6.28. The normalized spacial score (nSPS) is 14.2. The quantitative estimate of drug-likeness (QED) is 0.564. The highest BCUT2D eigenvalue weighted by molar-refractivity contribution is 5.87. The van der Waals surface area contributed by atoms with Crippen LogP contribution in [0.25, 0.3) is 0 Å². The molecule has 0 aliphatic carbocycles. The zero-order valence-electron chi connectivity index (χ0n) is 12.1. The maximum absolute atomic E-state index is 12.2. The van der Waals surface area contributed by atoms with Crippen LogP contribution < -0.4 is 0 Å². The van der Waals surface area contributed by atoms with Crippen LogP contribution in [0, 0.1) is 5.41 Å². The molecule has 0 rings (SSSR count). The first-order valence-electron chi connectivity index (χ1n) is 7.21. The summed E-state index contributed by atoms with van der Waals surface area (Å²) in [5.41, 5.74) is -0.305. The van der Waals surface area contributed by atoms with Gasteiger partial charge in [-0.1, -0.05) is 52.9 Å². The average molecular weight is 256 g/mol. The Morgan fingerprint density at radius 2 is 1.50 bits per heavy atom. The maximum atomic E-state index is 12.2. The van der Waals surface area contributed by atoms with Gasteiger partial charge in [-0.05, 0) is 12.8 Å². The number of aliphatic carboxylic acids is 1. The van der Waals surface area contributed by atoms with Gasteiger partial charge in [0.05, 0.1) is 6.42 Å². The highest BCUT2D eigenvalue weighted by Crippen LogP contribution is 2.33. The van der Waals surface area contributed by atoms with Crippen molar-refractivity contribution in [2.45, 2.75) is 78.6 Å². The molecular weight excluding hydrogens is 228 g/mol. The predicted octanol–water partition coefficient (Wildman–Crippen LogP) is 4.20. The third kappa shape index (κ3) is 6.77. The average Bonchev–Trinajstić information content (AvgIpc) is 2.33. The minimum Gasteiger partial charge on any atom is -0.481 e. The lowest BCUT2D eigenvalue weighted by molar-refractivity contribution is -0.140. The molecule has 0 radical (unpaired) electrons. The number of Topliss-reactive ketones (excluding diaryl/α,β-unsaturated/α-hetero) is 1. The molecule has 0 aromatic rings. The van der Waals surface area contributed by atoms with E-state index in [0.717, 1.165) is 44.9 Å². The van der Waals surface area contributed by atoms with Crippen molar-refractivity contribution in [1.29, 1.82) is 0 Å². The van der Waals surface area contributed by atoms with Crippen molar-refractivity contribution in [2.24, 2.45) is 5.41 Å². The van der Waals surface area contributed by atoms with Crippen LogP contribution in [0.15, 0.2) is 0 Å². The first kappa shape index (κ1) is 17.1. The molecule has 0 aromatic heterocycles. The molecule has 0 aliphatic heterocycles. The molecule has 1 unspecified atom stereocenters. The lowest BCUT2D eigenvalue weighted by Gasteiger charge is -2.28. The first-order valence-corrected chi connectivity index (χ1v) is 7.21. The molecule has 0 heterocycles. The molecule has 0 fully saturated rings. The van der Waals surface area contributed by atoms with Gasteiger partial charge in [0.1, 0.15) is 5.78 Å². The van der Waals surface area contributed by atoms with Gasteiger partial charge in [0.15, 0.2) is 0 Å². The fourth-order valence-electron chi connectivity index (χ4n) is 2.26. The Bertz CT molecular complexity index is 260. The largest absolute Gasteiger partial charge is 0.481 e. The summed E-state index contributed by atoms with van der Waals surface area (Å²) in [4.78, 5) is 22.8. The molecule has 0 spiro atoms. The number of carboxylic acid groups (broad SMARTS) is 1. The van der Waals surface area contributed by atoms with Gasteiger partial charge in [-0.3, -0.25) is 9.59 Å². The Hall–Kier alpha value is -0.860. The summed E-state index contributed by atoms with van der Waals surface area (Å²) in [5.74, 6) is -0.746. The van der Waals surface area contributed by atoms with Gasteiger partial charge >= 0.3 is 5.97 Å². The van der Waals surface area contributed by atoms with Crippen LogP contribution in [0.2, 0.25) is 0 Å². The summed E-state index contributed by atoms with van der Waals surface area (Å²) in [6.07, 6.45) is 7.43. The van der Waals surface area contributed by atoms with E-state index in [9.17, 15) is 9.59 Å². The second kappa shape index (κ2) is 9.12. The zero-order chi connectivity index (χ0) is 14.0. The minimum atomic E-state index is -0.880. The second-order valence-electron chi connectivity index (χ2n) is 5.44. The van der Waals surface area contributed by atoms with Gasteiger partial charge in [0.25, 0.3) is 0 Å². The summed E-state index contributed by atoms with van der Waals surface area (Å²) < 4.78 is 0. The Balaban J connectivity index is 4.41. The van der Waals surface area contributed by atoms with E-state index >= 15 is 0 Å². The van der Waals surface area contributed by atoms with E-state index in [1.165, 1.54) is 0 Å². The van der Waals surface area contributed by atoms with E-state index in [1.54, 1.807) is 0 Å². The monoisotopic (exact) mass is 256 g/mol. The van der Waals surface area contributed by atoms with Gasteiger partial charge in [-0.25, -0.2) is 0 Å². The molecule has 1 atom stereocenters. The first-order chi connectivity index (χ1) is 8.46. The molecule has 0 aliphatic rings. The van der Waals surface area contributed by atoms with Crippen molar-refractivity contribution in [3.8, 4) is 0 Å². The molecule has 0 aromatic carbocycles. The fourth-order valence-corrected chi connectivity index (χ4v) is 2.26. The summed E-state index contributed by atoms with van der Waals surface area (Å²) in [5, 5.41) is 8.67. The Kier molecular flexibility index (Phi) is 8.69. The van der Waals surface area contributed by atoms with Crippen molar-refractivity contribution in [3.63, 3.8) is 0 Å². The fraction of sp³-hybridized carbons (Fsp3) is 0.867. The third-order valence-corrected chi connectivity index (χ3v) is 3.65. The predicted molar refractivity (Wildman–Crippen MR) is 73.7 cm³/mol. The standard InChI is InChI=1S/C15H28O3/c1-4-6-8-12-15(3,11-7-5-2)13(16)9-10-14(17)18/h4-12H2,1-3H3,(H,17,18). The molecule has 0 saturated heterocycles. The number of carboxylic acids is 1. The Morgan fingerprint density at radius 3 is 2.00 bits per heavy atom. The molecule has 18 heavy (non-hydrogen) atoms. The molecule has 0 amide bonds. The van der Waals surface area contributed by atoms with Crippen molar-refractivity contribution in [2.75, 3.05) is 0 Å². The van der Waals surface area contributed by atoms with Gasteiger partial charge in [-0.15, -0.1) is 0 Å². The van der Waals surface area contributed by atoms with E-state index in [2.05, 4.69) is 13.8 Å². The van der Waals surface area contributed by atoms with Crippen LogP contribution in [-0.2, 0) is 9.59 Å². The number of rotatable bonds is 11. The molecule has 0 saturated carbocycles. The van der Waals surface area contributed by atoms with E-state index in [4.69, 9.17) is 5.11 Å². The van der Waals surface area contributed by atoms with Gasteiger partial charge in [-0.2, -0.15) is 0 Å². The van der Waals surface area contributed by atoms with E-state index in [0.29, 0.717) is 0 Å². The molecular formula is C15H28O3. The summed E-state index contributed by atoms with van der Waals surface area (Å²) in [6, 6.07) is 0. The van der Waals surface area contributed by atoms with Crippen LogP contribution in [-0.4, -0.2) is 16.9 Å². The minimum absolute atomic E-state index is 0.0334. The van der Waals surface area contributed by atoms with Crippen LogP contribution in [0.5, 0.6) is 0 Å². The van der Waals surface area contributed by atoms with E-state index in [-0.39, 0.29) is 24.0 Å². The van der Waals surface area contributed by atoms with Gasteiger partial charge in [0.2, 0.25) is 0 Å². The molecule has 106 valence electrons. The van der Waals surface area contributed by atoms with Crippen molar-refractivity contribution < 1.29 is 14.7 Å². The second-order valence-corrected chi connectivity index (χ2v) is 5.44. The SMILES string of the molecule is CCCCCC(C)(CCCC)C(=O)CCC(=O)O. The van der Waals surface area contributed by atoms with Gasteiger partial charge in [0, 0.05) is 11.8 Å². The third-order valence-electron chi connectivity index (χ3n) is 3.65. The van der Waals surface area contributed by atoms with Crippen molar-refractivity contribution in [1.82, 2.24) is 0 Å². The zero-order valence-corrected chi connectivity index (χ0v) is 12.1. The van der Waals surface area contributed by atoms with Crippen molar-refractivity contribution >= 4 is 11.8 Å². The maximum Gasteiger partial charge on any atom is 0.303 e. The number of unbranched alkanes of at least 4 members (excludes halogenated alkanes) is 3. The number of ketones is 1. The van der Waals surface area contributed by atoms with Crippen LogP contribution in [0.3, 0.4) is 0 Å².